The van der Waals surface area contributed by atoms with Gasteiger partial charge < -0.3 is 0 Å². The molecule has 13 aromatic rings. The zero-order chi connectivity index (χ0) is 69.2. The van der Waals surface area contributed by atoms with Gasteiger partial charge in [-0.3, -0.25) is 9.59 Å². The van der Waals surface area contributed by atoms with Crippen LogP contribution < -0.4 is 0 Å². The fourth-order valence-electron chi connectivity index (χ4n) is 12.1. The number of carbonyl (C=O) groups is 2. The van der Waals surface area contributed by atoms with Gasteiger partial charge in [0.1, 0.15) is 0 Å². The Kier molecular flexibility index (Phi) is 19.8. The molecule has 0 aliphatic heterocycles. The van der Waals surface area contributed by atoms with E-state index in [2.05, 4.69) is 102 Å². The first-order chi connectivity index (χ1) is 50.3. The molecule has 0 heterocycles. The lowest BCUT2D eigenvalue weighted by Gasteiger charge is -2.20. The van der Waals surface area contributed by atoms with Crippen LogP contribution in [0.5, 0.6) is 0 Å². The van der Waals surface area contributed by atoms with Gasteiger partial charge in [0.2, 0.25) is 0 Å². The number of hydrogen-bond donors (Lipinski definition) is 0. The second-order valence-corrected chi connectivity index (χ2v) is 24.1. The van der Waals surface area contributed by atoms with Crippen LogP contribution in [-0.4, -0.2) is 11.6 Å². The summed E-state index contributed by atoms with van der Waals surface area (Å²) < 4.78 is 0. The lowest BCUT2D eigenvalue weighted by Crippen LogP contribution is -2.09. The molecular weight excluding hydrogens is 1230 g/mol. The Morgan fingerprint density at radius 1 is 0.216 bits per heavy atom. The topological polar surface area (TPSA) is 34.1 Å². The maximum Gasteiger partial charge on any atom is 0.195 e. The lowest BCUT2D eigenvalue weighted by molar-refractivity contribution is -0.109. The van der Waals surface area contributed by atoms with Crippen molar-refractivity contribution in [3.05, 3.63) is 470 Å². The molecule has 0 amide bonds. The Balaban J connectivity index is 1.05. The van der Waals surface area contributed by atoms with Crippen molar-refractivity contribution >= 4 is 50.6 Å². The van der Waals surface area contributed by atoms with Crippen LogP contribution in [0, 0.1) is 71.0 Å². The Morgan fingerprint density at radius 3 is 0.794 bits per heavy atom. The summed E-state index contributed by atoms with van der Waals surface area (Å²) in [7, 11) is 0. The van der Waals surface area contributed by atoms with Crippen LogP contribution in [0.3, 0.4) is 0 Å². The van der Waals surface area contributed by atoms with Crippen molar-refractivity contribution in [2.45, 2.75) is 0 Å². The SMILES string of the molecule is C=C(C(=O)/C(=C(/c1ccc(C#Cc2ccccc2)cc1)c1cc(C#Cc2ccccc2)cc(C2=C(c3ccc(C#Cc4ccccc4)cc3)C(=O)C(c3ccc(C#Cc4ccccc4)cc3)=C2c2ccc(C#Cc3ccccc3)cc2)c1)c1ccc(C#Cc2ccccc2)cc1)c1ccccc1. The molecule has 0 aromatic heterocycles. The van der Waals surface area contributed by atoms with Crippen LogP contribution in [0.1, 0.15) is 111 Å². The van der Waals surface area contributed by atoms with E-state index < -0.39 is 0 Å². The largest absolute Gasteiger partial charge is 0.289 e. The molecule has 13 aromatic carbocycles. The van der Waals surface area contributed by atoms with Crippen molar-refractivity contribution in [3.63, 3.8) is 0 Å². The van der Waals surface area contributed by atoms with Gasteiger partial charge in [-0.2, -0.15) is 0 Å². The molecule has 472 valence electrons. The smallest absolute Gasteiger partial charge is 0.195 e. The minimum absolute atomic E-state index is 0.185. The molecule has 2 heteroatoms. The molecule has 0 spiro atoms. The summed E-state index contributed by atoms with van der Waals surface area (Å²) in [6.07, 6.45) is 0. The number of allylic oxidation sites excluding steroid dienone is 6. The van der Waals surface area contributed by atoms with Gasteiger partial charge in [0.15, 0.2) is 11.6 Å². The predicted octanol–water partition coefficient (Wildman–Crippen LogP) is 20.4. The molecule has 102 heavy (non-hydrogen) atoms. The average molecular weight is 1290 g/mol. The molecule has 1 aliphatic rings. The molecule has 0 fully saturated rings. The second kappa shape index (κ2) is 31.2. The second-order valence-electron chi connectivity index (χ2n) is 24.1. The van der Waals surface area contributed by atoms with E-state index in [0.717, 1.165) is 72.3 Å². The Bertz CT molecular complexity index is 5820. The molecule has 0 saturated carbocycles. The number of ketones is 2. The van der Waals surface area contributed by atoms with E-state index in [1.54, 1.807) is 0 Å². The summed E-state index contributed by atoms with van der Waals surface area (Å²) in [6, 6.07) is 115. The van der Waals surface area contributed by atoms with Crippen LogP contribution in [0.2, 0.25) is 0 Å². The van der Waals surface area contributed by atoms with Crippen molar-refractivity contribution in [1.29, 1.82) is 0 Å². The number of benzene rings is 13. The molecular formula is C100H60O2. The van der Waals surface area contributed by atoms with E-state index in [-0.39, 0.29) is 11.6 Å². The monoisotopic (exact) mass is 1290 g/mol. The van der Waals surface area contributed by atoms with Gasteiger partial charge in [0.05, 0.1) is 0 Å². The minimum atomic E-state index is -0.295. The van der Waals surface area contributed by atoms with Gasteiger partial charge >= 0.3 is 0 Å². The first-order valence-corrected chi connectivity index (χ1v) is 33.5. The van der Waals surface area contributed by atoms with Crippen LogP contribution >= 0.6 is 0 Å². The highest BCUT2D eigenvalue weighted by molar-refractivity contribution is 6.59. The number of hydrogen-bond acceptors (Lipinski definition) is 2. The van der Waals surface area contributed by atoms with Crippen molar-refractivity contribution in [2.24, 2.45) is 0 Å². The highest BCUT2D eigenvalue weighted by Crippen LogP contribution is 2.51. The predicted molar refractivity (Wildman–Crippen MR) is 418 cm³/mol. The first-order valence-electron chi connectivity index (χ1n) is 33.5. The van der Waals surface area contributed by atoms with Crippen molar-refractivity contribution < 1.29 is 9.59 Å². The summed E-state index contributed by atoms with van der Waals surface area (Å²) in [5.74, 6) is 40.0. The number of carbonyl (C=O) groups excluding carboxylic acids is 2. The van der Waals surface area contributed by atoms with Crippen LogP contribution in [-0.2, 0) is 9.59 Å². The zero-order valence-electron chi connectivity index (χ0n) is 55.5. The van der Waals surface area contributed by atoms with Gasteiger partial charge in [-0.05, 0) is 196 Å². The molecule has 0 N–H and O–H groups in total. The zero-order valence-corrected chi connectivity index (χ0v) is 55.5. The average Bonchev–Trinajstić information content (AvgIpc) is 1.55. The van der Waals surface area contributed by atoms with Crippen molar-refractivity contribution in [1.82, 2.24) is 0 Å². The highest BCUT2D eigenvalue weighted by Gasteiger charge is 2.36. The highest BCUT2D eigenvalue weighted by atomic mass is 16.1. The van der Waals surface area contributed by atoms with Crippen molar-refractivity contribution in [3.8, 4) is 71.0 Å². The third-order valence-electron chi connectivity index (χ3n) is 17.2. The molecule has 0 radical (unpaired) electrons. The van der Waals surface area contributed by atoms with E-state index in [4.69, 9.17) is 0 Å². The maximum absolute atomic E-state index is 16.6. The maximum atomic E-state index is 16.6. The molecule has 0 atom stereocenters. The Morgan fingerprint density at radius 2 is 0.471 bits per heavy atom. The number of Topliss-reactive ketones (excluding diaryl/α,β-unsaturated/α-hetero) is 2. The summed E-state index contributed by atoms with van der Waals surface area (Å²) in [5, 5.41) is 0. The standard InChI is InChI=1S/C100H60O2/c1-72(85-35-21-8-22-36-85)99(101)96(88-63-53-81(54-64-88)44-39-75-27-13-4-14-28-75)93(86-59-49-79(50-60-86)42-37-73-23-9-2-10-24-73)91-69-84(48-47-78-33-19-7-20-34-78)70-92(71-91)95-94(87-61-51-80(52-62-87)43-38-74-25-11-3-12-26-74)97(89-65-55-82(56-66-89)45-40-76-29-15-5-16-30-76)100(102)98(95)90-67-57-83(58-68-90)46-41-77-31-17-6-18-32-77/h2-36,49-71H,1H2/b96-93-. The quantitative estimate of drug-likeness (QED) is 0.0777. The van der Waals surface area contributed by atoms with Crippen LogP contribution in [0.25, 0.3) is 39.0 Å². The van der Waals surface area contributed by atoms with Crippen LogP contribution in [0.15, 0.2) is 358 Å². The van der Waals surface area contributed by atoms with Crippen molar-refractivity contribution in [2.75, 3.05) is 0 Å². The van der Waals surface area contributed by atoms with Crippen LogP contribution in [0.4, 0.5) is 0 Å². The summed E-state index contributed by atoms with van der Waals surface area (Å²) in [4.78, 5) is 33.0. The third-order valence-corrected chi connectivity index (χ3v) is 17.2. The Hall–Kier alpha value is -14.5. The van der Waals surface area contributed by atoms with E-state index in [1.165, 1.54) is 0 Å². The summed E-state index contributed by atoms with van der Waals surface area (Å²) in [5.41, 5.74) is 18.9. The molecule has 0 unspecified atom stereocenters. The third kappa shape index (κ3) is 15.7. The van der Waals surface area contributed by atoms with Gasteiger partial charge in [0, 0.05) is 106 Å². The molecule has 0 bridgehead atoms. The van der Waals surface area contributed by atoms with E-state index in [9.17, 15) is 0 Å². The van der Waals surface area contributed by atoms with Gasteiger partial charge in [-0.15, -0.1) is 0 Å². The molecule has 2 nitrogen and oxygen atoms in total. The minimum Gasteiger partial charge on any atom is -0.289 e. The first kappa shape index (κ1) is 64.8. The fourth-order valence-corrected chi connectivity index (χ4v) is 12.1. The van der Waals surface area contributed by atoms with Gasteiger partial charge in [-0.1, -0.05) is 278 Å². The normalized spacial score (nSPS) is 11.4. The molecule has 1 aliphatic carbocycles. The summed E-state index contributed by atoms with van der Waals surface area (Å²) in [6.45, 7) is 4.56. The molecule has 0 saturated heterocycles. The summed E-state index contributed by atoms with van der Waals surface area (Å²) >= 11 is 0. The van der Waals surface area contributed by atoms with Gasteiger partial charge in [0.25, 0.3) is 0 Å². The van der Waals surface area contributed by atoms with E-state index in [0.29, 0.717) is 78.0 Å². The fraction of sp³-hybridized carbons (Fsp3) is 0. The number of rotatable bonds is 10. The van der Waals surface area contributed by atoms with E-state index >= 15 is 9.59 Å². The molecule has 14 rings (SSSR count). The lowest BCUT2D eigenvalue weighted by atomic mass is 9.81. The van der Waals surface area contributed by atoms with Gasteiger partial charge in [-0.25, -0.2) is 0 Å². The van der Waals surface area contributed by atoms with E-state index in [1.807, 2.05) is 328 Å². The Labute approximate surface area is 597 Å².